The highest BCUT2D eigenvalue weighted by molar-refractivity contribution is 5.90. The van der Waals surface area contributed by atoms with Crippen LogP contribution in [0.5, 0.6) is 0 Å². The van der Waals surface area contributed by atoms with E-state index in [2.05, 4.69) is 26.7 Å². The van der Waals surface area contributed by atoms with E-state index in [1.165, 1.54) is 6.20 Å². The highest BCUT2D eigenvalue weighted by Crippen LogP contribution is 2.32. The smallest absolute Gasteiger partial charge is 0.268 e. The molecule has 0 radical (unpaired) electrons. The van der Waals surface area contributed by atoms with Gasteiger partial charge in [-0.15, -0.1) is 0 Å². The second-order valence-electron chi connectivity index (χ2n) is 6.31. The molecule has 0 aliphatic carbocycles. The topological polar surface area (TPSA) is 92.4 Å². The van der Waals surface area contributed by atoms with Crippen molar-refractivity contribution in [1.82, 2.24) is 14.9 Å². The number of nitrogens with zero attached hydrogens (tertiary/aromatic N) is 4. The maximum Gasteiger partial charge on any atom is 0.268 e. The third-order valence-corrected chi connectivity index (χ3v) is 4.81. The molecule has 3 heterocycles. The molecule has 0 unspecified atom stereocenters. The van der Waals surface area contributed by atoms with Crippen molar-refractivity contribution in [2.75, 3.05) is 24.5 Å². The van der Waals surface area contributed by atoms with Gasteiger partial charge in [0.2, 0.25) is 5.91 Å². The largest absolute Gasteiger partial charge is 0.364 e. The highest BCUT2D eigenvalue weighted by atomic mass is 16.2. The van der Waals surface area contributed by atoms with Crippen LogP contribution < -0.4 is 10.6 Å². The van der Waals surface area contributed by atoms with Crippen LogP contribution in [0, 0.1) is 5.92 Å². The summed E-state index contributed by atoms with van der Waals surface area (Å²) in [6.45, 7) is 4.61. The Morgan fingerprint density at radius 1 is 1.39 bits per heavy atom. The van der Waals surface area contributed by atoms with Crippen LogP contribution in [0.25, 0.3) is 0 Å². The van der Waals surface area contributed by atoms with Gasteiger partial charge >= 0.3 is 0 Å². The number of anilines is 1. The van der Waals surface area contributed by atoms with Crippen molar-refractivity contribution < 1.29 is 9.59 Å². The monoisotopic (exact) mass is 317 g/mol. The van der Waals surface area contributed by atoms with E-state index >= 15 is 0 Å². The molecule has 2 atom stereocenters. The number of carbonyl (C=O) groups excluding carboxylic acids is 2. The van der Waals surface area contributed by atoms with E-state index in [0.29, 0.717) is 24.2 Å². The first kappa shape index (κ1) is 15.7. The summed E-state index contributed by atoms with van der Waals surface area (Å²) in [7, 11) is 0. The van der Waals surface area contributed by atoms with Crippen LogP contribution in [0.15, 0.2) is 12.4 Å². The van der Waals surface area contributed by atoms with Crippen LogP contribution in [0.1, 0.15) is 43.1 Å². The summed E-state index contributed by atoms with van der Waals surface area (Å²) >= 11 is 0. The van der Waals surface area contributed by atoms with Gasteiger partial charge in [-0.1, -0.05) is 6.92 Å². The number of rotatable bonds is 4. The minimum atomic E-state index is -0.563. The Morgan fingerprint density at radius 2 is 2.22 bits per heavy atom. The van der Waals surface area contributed by atoms with Gasteiger partial charge in [0.1, 0.15) is 11.5 Å². The van der Waals surface area contributed by atoms with Gasteiger partial charge in [0.25, 0.3) is 5.91 Å². The SMILES string of the molecule is CCCN1C(=O)CC[C@H]2CN(c3cncc(C(N)=O)n3)CC[C@H]21. The summed E-state index contributed by atoms with van der Waals surface area (Å²) in [5.41, 5.74) is 5.47. The van der Waals surface area contributed by atoms with Crippen LogP contribution in [-0.2, 0) is 4.79 Å². The van der Waals surface area contributed by atoms with Gasteiger partial charge < -0.3 is 15.5 Å². The molecule has 0 spiro atoms. The first-order chi connectivity index (χ1) is 11.1. The fraction of sp³-hybridized carbons (Fsp3) is 0.625. The minimum absolute atomic E-state index is 0.191. The number of carbonyl (C=O) groups is 2. The second kappa shape index (κ2) is 6.52. The number of aromatic nitrogens is 2. The number of nitrogens with two attached hydrogens (primary N) is 1. The average molecular weight is 317 g/mol. The lowest BCUT2D eigenvalue weighted by atomic mass is 9.83. The molecular formula is C16H23N5O2. The Hall–Kier alpha value is -2.18. The highest BCUT2D eigenvalue weighted by Gasteiger charge is 2.39. The van der Waals surface area contributed by atoms with Gasteiger partial charge in [-0.25, -0.2) is 4.98 Å². The first-order valence-electron chi connectivity index (χ1n) is 8.26. The molecule has 0 saturated carbocycles. The molecule has 2 aliphatic heterocycles. The lowest BCUT2D eigenvalue weighted by Gasteiger charge is -2.47. The predicted molar refractivity (Wildman–Crippen MR) is 85.9 cm³/mol. The molecule has 124 valence electrons. The fourth-order valence-corrected chi connectivity index (χ4v) is 3.72. The Balaban J connectivity index is 1.74. The quantitative estimate of drug-likeness (QED) is 0.887. The van der Waals surface area contributed by atoms with Crippen molar-refractivity contribution in [2.45, 2.75) is 38.6 Å². The van der Waals surface area contributed by atoms with Gasteiger partial charge in [0, 0.05) is 32.1 Å². The summed E-state index contributed by atoms with van der Waals surface area (Å²) in [6, 6.07) is 0.333. The number of hydrogen-bond donors (Lipinski definition) is 1. The van der Waals surface area contributed by atoms with Gasteiger partial charge in [-0.3, -0.25) is 14.6 Å². The van der Waals surface area contributed by atoms with Gasteiger partial charge in [-0.05, 0) is 25.2 Å². The van der Waals surface area contributed by atoms with Crippen LogP contribution in [-0.4, -0.2) is 52.4 Å². The Bertz CT molecular complexity index is 606. The molecule has 2 amide bonds. The summed E-state index contributed by atoms with van der Waals surface area (Å²) in [4.78, 5) is 36.0. The standard InChI is InChI=1S/C16H23N5O2/c1-2-6-21-13-5-7-20(10-11(13)3-4-15(21)22)14-9-18-8-12(19-14)16(17)23/h8-9,11,13H,2-7,10H2,1H3,(H2,17,23)/t11-,13+/m0/s1. The van der Waals surface area contributed by atoms with Crippen molar-refractivity contribution in [3.63, 3.8) is 0 Å². The number of likely N-dealkylation sites (tertiary alicyclic amines) is 1. The molecule has 2 fully saturated rings. The van der Waals surface area contributed by atoms with Crippen molar-refractivity contribution in [3.8, 4) is 0 Å². The van der Waals surface area contributed by atoms with Crippen LogP contribution >= 0.6 is 0 Å². The van der Waals surface area contributed by atoms with Gasteiger partial charge in [0.15, 0.2) is 0 Å². The Kier molecular flexibility index (Phi) is 4.45. The van der Waals surface area contributed by atoms with E-state index < -0.39 is 5.91 Å². The molecule has 7 nitrogen and oxygen atoms in total. The maximum absolute atomic E-state index is 12.1. The average Bonchev–Trinajstić information content (AvgIpc) is 2.57. The molecule has 3 rings (SSSR count). The predicted octanol–water partition coefficient (Wildman–Crippen LogP) is 0.803. The van der Waals surface area contributed by atoms with E-state index in [1.54, 1.807) is 6.20 Å². The lowest BCUT2D eigenvalue weighted by molar-refractivity contribution is -0.139. The Labute approximate surface area is 135 Å². The molecule has 0 bridgehead atoms. The summed E-state index contributed by atoms with van der Waals surface area (Å²) in [5, 5.41) is 0. The van der Waals surface area contributed by atoms with Crippen molar-refractivity contribution in [1.29, 1.82) is 0 Å². The van der Waals surface area contributed by atoms with E-state index in [1.807, 2.05) is 0 Å². The molecule has 0 aromatic carbocycles. The van der Waals surface area contributed by atoms with E-state index in [0.717, 1.165) is 38.9 Å². The van der Waals surface area contributed by atoms with Gasteiger partial charge in [0.05, 0.1) is 12.4 Å². The molecule has 7 heteroatoms. The molecule has 1 aromatic heterocycles. The summed E-state index contributed by atoms with van der Waals surface area (Å²) in [6.07, 6.45) is 6.53. The Morgan fingerprint density at radius 3 is 2.96 bits per heavy atom. The number of amides is 2. The molecule has 2 N–H and O–H groups in total. The second-order valence-corrected chi connectivity index (χ2v) is 6.31. The van der Waals surface area contributed by atoms with Crippen LogP contribution in [0.3, 0.4) is 0 Å². The third-order valence-electron chi connectivity index (χ3n) is 4.81. The number of primary amides is 1. The van der Waals surface area contributed by atoms with Crippen LogP contribution in [0.2, 0.25) is 0 Å². The molecule has 2 aliphatic rings. The number of hydrogen-bond acceptors (Lipinski definition) is 5. The number of piperidine rings is 2. The zero-order chi connectivity index (χ0) is 16.4. The molecule has 1 aromatic rings. The van der Waals surface area contributed by atoms with E-state index in [4.69, 9.17) is 5.73 Å². The molecule has 2 saturated heterocycles. The molecule has 23 heavy (non-hydrogen) atoms. The van der Waals surface area contributed by atoms with Gasteiger partial charge in [-0.2, -0.15) is 0 Å². The van der Waals surface area contributed by atoms with Crippen molar-refractivity contribution in [2.24, 2.45) is 11.7 Å². The summed E-state index contributed by atoms with van der Waals surface area (Å²) in [5.74, 6) is 0.870. The van der Waals surface area contributed by atoms with E-state index in [-0.39, 0.29) is 11.6 Å². The zero-order valence-electron chi connectivity index (χ0n) is 13.4. The molecular weight excluding hydrogens is 294 g/mol. The van der Waals surface area contributed by atoms with Crippen molar-refractivity contribution >= 4 is 17.6 Å². The maximum atomic E-state index is 12.1. The van der Waals surface area contributed by atoms with Crippen LogP contribution in [0.4, 0.5) is 5.82 Å². The summed E-state index contributed by atoms with van der Waals surface area (Å²) < 4.78 is 0. The fourth-order valence-electron chi connectivity index (χ4n) is 3.72. The lowest BCUT2D eigenvalue weighted by Crippen LogP contribution is -2.56. The zero-order valence-corrected chi connectivity index (χ0v) is 13.4. The minimum Gasteiger partial charge on any atom is -0.364 e. The number of fused-ring (bicyclic) bond motifs is 1. The third kappa shape index (κ3) is 3.13. The normalized spacial score (nSPS) is 24.5. The first-order valence-corrected chi connectivity index (χ1v) is 8.26. The van der Waals surface area contributed by atoms with E-state index in [9.17, 15) is 9.59 Å². The van der Waals surface area contributed by atoms with Crippen molar-refractivity contribution in [3.05, 3.63) is 18.1 Å².